The van der Waals surface area contributed by atoms with Gasteiger partial charge in [-0.05, 0) is 157 Å². The molecule has 0 heterocycles. The summed E-state index contributed by atoms with van der Waals surface area (Å²) >= 11 is 0. The summed E-state index contributed by atoms with van der Waals surface area (Å²) in [6, 6.07) is 0. The summed E-state index contributed by atoms with van der Waals surface area (Å²) in [5, 5.41) is 0. The van der Waals surface area contributed by atoms with Crippen LogP contribution in [-0.2, 0) is 0 Å². The first kappa shape index (κ1) is 37.5. The molecule has 254 valence electrons. The van der Waals surface area contributed by atoms with Gasteiger partial charge in [-0.2, -0.15) is 0 Å². The van der Waals surface area contributed by atoms with Crippen molar-refractivity contribution in [3.63, 3.8) is 0 Å². The van der Waals surface area contributed by atoms with Crippen LogP contribution in [0.1, 0.15) is 188 Å². The molecule has 4 bridgehead atoms. The van der Waals surface area contributed by atoms with Crippen LogP contribution >= 0.6 is 0 Å². The Balaban J connectivity index is 0.000000157. The van der Waals surface area contributed by atoms with Crippen LogP contribution in [-0.4, -0.2) is 0 Å². The molecule has 6 rings (SSSR count). The molecule has 6 saturated carbocycles. The maximum Gasteiger partial charge on any atom is -0.0246 e. The van der Waals surface area contributed by atoms with E-state index < -0.39 is 0 Å². The highest BCUT2D eigenvalue weighted by atomic mass is 14.6. The molecule has 6 fully saturated rings. The molecule has 0 aromatic rings. The topological polar surface area (TPSA) is 0 Å². The summed E-state index contributed by atoms with van der Waals surface area (Å²) in [5.74, 6) is 9.75. The van der Waals surface area contributed by atoms with Gasteiger partial charge in [0.25, 0.3) is 0 Å². The van der Waals surface area contributed by atoms with E-state index in [0.29, 0.717) is 27.1 Å². The zero-order valence-electron chi connectivity index (χ0n) is 32.8. The Morgan fingerprint density at radius 1 is 0.558 bits per heavy atom. The van der Waals surface area contributed by atoms with E-state index in [1.165, 1.54) is 77.0 Å². The molecular formula is C43H82. The molecule has 0 spiro atoms. The second-order valence-electron chi connectivity index (χ2n) is 21.0. The second kappa shape index (κ2) is 13.6. The molecule has 0 aromatic heterocycles. The lowest BCUT2D eigenvalue weighted by molar-refractivity contribution is 0.0903. The van der Waals surface area contributed by atoms with E-state index in [1.54, 1.807) is 0 Å². The van der Waals surface area contributed by atoms with Crippen molar-refractivity contribution in [2.75, 3.05) is 0 Å². The van der Waals surface area contributed by atoms with E-state index in [9.17, 15) is 0 Å². The molecule has 0 amide bonds. The number of hydrogen-bond acceptors (Lipinski definition) is 0. The standard InChI is InChI=1S/2C11H20.C11H22.C10H20/c1-8-10(2,3)9-5-6-11(8,4)7-9;1-8-7-9-5-6-11(8,4)10(9,2)3;1-8(2)11-6-5-9(3)7-10(11)4;1-8-5-9(2)7-10(3,4)6-8/h2*8-9H,5-7H2,1-4H3;8-11H,5-7H2,1-4H3;8-9H,5-7H2,1-4H3/t2*8-,9?,11?;9?,10-,11?;8-,9?/m1110/s1. The summed E-state index contributed by atoms with van der Waals surface area (Å²) in [7, 11) is 0. The van der Waals surface area contributed by atoms with E-state index in [-0.39, 0.29) is 0 Å². The molecule has 7 unspecified atom stereocenters. The molecule has 6 aliphatic rings. The van der Waals surface area contributed by atoms with Crippen molar-refractivity contribution in [3.05, 3.63) is 0 Å². The first-order valence-corrected chi connectivity index (χ1v) is 19.6. The number of fused-ring (bicyclic) bond motifs is 4. The average Bonchev–Trinajstić information content (AvgIpc) is 3.47. The minimum absolute atomic E-state index is 0.622. The highest BCUT2D eigenvalue weighted by Crippen LogP contribution is 2.68. The van der Waals surface area contributed by atoms with Gasteiger partial charge in [0.1, 0.15) is 0 Å². The minimum atomic E-state index is 0.622. The first-order chi connectivity index (χ1) is 19.6. The smallest absolute Gasteiger partial charge is 0.0246 e. The third kappa shape index (κ3) is 8.11. The van der Waals surface area contributed by atoms with Crippen LogP contribution in [0.4, 0.5) is 0 Å². The van der Waals surface area contributed by atoms with Gasteiger partial charge < -0.3 is 0 Å². The fourth-order valence-corrected chi connectivity index (χ4v) is 12.7. The largest absolute Gasteiger partial charge is 0.0625 e. The van der Waals surface area contributed by atoms with Crippen LogP contribution in [0.25, 0.3) is 0 Å². The van der Waals surface area contributed by atoms with Gasteiger partial charge in [-0.1, -0.05) is 117 Å². The van der Waals surface area contributed by atoms with E-state index in [0.717, 1.165) is 59.2 Å². The van der Waals surface area contributed by atoms with Crippen molar-refractivity contribution >= 4 is 0 Å². The molecule has 43 heavy (non-hydrogen) atoms. The lowest BCUT2D eigenvalue weighted by Crippen LogP contribution is -2.32. The van der Waals surface area contributed by atoms with Gasteiger partial charge in [-0.25, -0.2) is 0 Å². The van der Waals surface area contributed by atoms with Crippen molar-refractivity contribution in [2.45, 2.75) is 188 Å². The Bertz CT molecular complexity index is 858. The van der Waals surface area contributed by atoms with Crippen molar-refractivity contribution in [2.24, 2.45) is 86.3 Å². The van der Waals surface area contributed by atoms with Crippen LogP contribution in [0.5, 0.6) is 0 Å². The average molecular weight is 599 g/mol. The fourth-order valence-electron chi connectivity index (χ4n) is 12.7. The Morgan fingerprint density at radius 3 is 1.42 bits per heavy atom. The molecule has 0 heteroatoms. The van der Waals surface area contributed by atoms with Crippen molar-refractivity contribution in [1.82, 2.24) is 0 Å². The predicted molar refractivity (Wildman–Crippen MR) is 193 cm³/mol. The Morgan fingerprint density at radius 2 is 1.12 bits per heavy atom. The van der Waals surface area contributed by atoms with Gasteiger partial charge in [0.2, 0.25) is 0 Å². The van der Waals surface area contributed by atoms with Crippen molar-refractivity contribution in [1.29, 1.82) is 0 Å². The summed E-state index contributed by atoms with van der Waals surface area (Å²) in [6.07, 6.45) is 17.6. The van der Waals surface area contributed by atoms with Crippen LogP contribution in [0, 0.1) is 86.3 Å². The maximum atomic E-state index is 2.50. The minimum Gasteiger partial charge on any atom is -0.0625 e. The molecular weight excluding hydrogens is 516 g/mol. The lowest BCUT2D eigenvalue weighted by atomic mass is 9.65. The Hall–Kier alpha value is 0. The highest BCUT2D eigenvalue weighted by Gasteiger charge is 2.59. The van der Waals surface area contributed by atoms with Gasteiger partial charge in [0.15, 0.2) is 0 Å². The normalized spacial score (nSPS) is 46.7. The van der Waals surface area contributed by atoms with E-state index in [4.69, 9.17) is 0 Å². The van der Waals surface area contributed by atoms with E-state index >= 15 is 0 Å². The summed E-state index contributed by atoms with van der Waals surface area (Å²) in [6.45, 7) is 38.9. The van der Waals surface area contributed by atoms with Crippen molar-refractivity contribution in [3.8, 4) is 0 Å². The van der Waals surface area contributed by atoms with Gasteiger partial charge in [0, 0.05) is 0 Å². The van der Waals surface area contributed by atoms with Gasteiger partial charge in [-0.15, -0.1) is 0 Å². The quantitative estimate of drug-likeness (QED) is 0.281. The molecule has 11 atom stereocenters. The molecule has 0 radical (unpaired) electrons. The van der Waals surface area contributed by atoms with Gasteiger partial charge in [0.05, 0.1) is 0 Å². The van der Waals surface area contributed by atoms with Crippen LogP contribution < -0.4 is 0 Å². The molecule has 0 aromatic carbocycles. The zero-order chi connectivity index (χ0) is 32.8. The highest BCUT2D eigenvalue weighted by molar-refractivity contribution is 5.09. The monoisotopic (exact) mass is 599 g/mol. The third-order valence-electron chi connectivity index (χ3n) is 16.2. The van der Waals surface area contributed by atoms with Crippen LogP contribution in [0.15, 0.2) is 0 Å². The van der Waals surface area contributed by atoms with Gasteiger partial charge >= 0.3 is 0 Å². The SMILES string of the molecule is CC1CCC(C(C)C)[C@H](C)C1.CC1C[C@H](C)CC(C)(C)C1.C[C@@H]1CC2CCC1(C)C2(C)C.C[C@H]1C2(C)CCC(C2)C1(C)C. The number of hydrogen-bond donors (Lipinski definition) is 0. The maximum absolute atomic E-state index is 2.50. The van der Waals surface area contributed by atoms with E-state index in [2.05, 4.69) is 111 Å². The fraction of sp³-hybridized carbons (Fsp3) is 1.00. The van der Waals surface area contributed by atoms with Crippen molar-refractivity contribution < 1.29 is 0 Å². The molecule has 0 nitrogen and oxygen atoms in total. The first-order valence-electron chi connectivity index (χ1n) is 19.6. The Labute approximate surface area is 273 Å². The summed E-state index contributed by atoms with van der Waals surface area (Å²) < 4.78 is 0. The van der Waals surface area contributed by atoms with E-state index in [1.807, 2.05) is 0 Å². The molecule has 0 aliphatic heterocycles. The zero-order valence-corrected chi connectivity index (χ0v) is 32.8. The lowest BCUT2D eigenvalue weighted by Gasteiger charge is -2.40. The third-order valence-corrected chi connectivity index (χ3v) is 16.2. The summed E-state index contributed by atoms with van der Waals surface area (Å²) in [5.41, 5.74) is 3.25. The molecule has 0 saturated heterocycles. The number of rotatable bonds is 1. The summed E-state index contributed by atoms with van der Waals surface area (Å²) in [4.78, 5) is 0. The van der Waals surface area contributed by atoms with Crippen LogP contribution in [0.3, 0.4) is 0 Å². The second-order valence-corrected chi connectivity index (χ2v) is 21.0. The van der Waals surface area contributed by atoms with Gasteiger partial charge in [-0.3, -0.25) is 0 Å². The Kier molecular flexibility index (Phi) is 11.9. The van der Waals surface area contributed by atoms with Crippen LogP contribution in [0.2, 0.25) is 0 Å². The molecule has 6 aliphatic carbocycles. The molecule has 0 N–H and O–H groups in total. The predicted octanol–water partition coefficient (Wildman–Crippen LogP) is 14.1.